The minimum absolute atomic E-state index is 0.741. The van der Waals surface area contributed by atoms with E-state index in [1.54, 1.807) is 0 Å². The Balaban J connectivity index is 2.02. The van der Waals surface area contributed by atoms with Crippen LogP contribution in [-0.4, -0.2) is 36.6 Å². The minimum atomic E-state index is 0.741. The summed E-state index contributed by atoms with van der Waals surface area (Å²) < 4.78 is 0. The van der Waals surface area contributed by atoms with E-state index in [9.17, 15) is 0 Å². The summed E-state index contributed by atoms with van der Waals surface area (Å²) in [7, 11) is 0. The highest BCUT2D eigenvalue weighted by Gasteiger charge is 2.36. The molecule has 4 atom stereocenters. The van der Waals surface area contributed by atoms with Crippen LogP contribution < -0.4 is 5.32 Å². The fourth-order valence-electron chi connectivity index (χ4n) is 4.42. The molecule has 2 nitrogen and oxygen atoms in total. The second-order valence-electron chi connectivity index (χ2n) is 7.46. The summed E-state index contributed by atoms with van der Waals surface area (Å²) >= 11 is 0. The van der Waals surface area contributed by atoms with Crippen molar-refractivity contribution in [2.45, 2.75) is 78.3 Å². The highest BCUT2D eigenvalue weighted by molar-refractivity contribution is 4.93. The van der Waals surface area contributed by atoms with E-state index in [4.69, 9.17) is 0 Å². The van der Waals surface area contributed by atoms with Gasteiger partial charge in [0.05, 0.1) is 0 Å². The van der Waals surface area contributed by atoms with Gasteiger partial charge in [0.25, 0.3) is 0 Å². The highest BCUT2D eigenvalue weighted by Crippen LogP contribution is 2.34. The Kier molecular flexibility index (Phi) is 6.35. The van der Waals surface area contributed by atoms with E-state index in [1.165, 1.54) is 51.6 Å². The van der Waals surface area contributed by atoms with Crippen molar-refractivity contribution in [3.05, 3.63) is 0 Å². The fourth-order valence-corrected chi connectivity index (χ4v) is 4.42. The lowest BCUT2D eigenvalue weighted by atomic mass is 9.75. The number of likely N-dealkylation sites (tertiary alicyclic amines) is 1. The summed E-state index contributed by atoms with van der Waals surface area (Å²) in [5.74, 6) is 2.74. The third-order valence-corrected chi connectivity index (χ3v) is 5.86. The average Bonchev–Trinajstić information content (AvgIpc) is 2.48. The fraction of sp³-hybridized carbons (Fsp3) is 1.00. The number of hydrogen-bond donors (Lipinski definition) is 1. The summed E-state index contributed by atoms with van der Waals surface area (Å²) in [6.45, 7) is 13.3. The number of nitrogens with zero attached hydrogens (tertiary/aromatic N) is 1. The standard InChI is InChI=1S/C18H36N2/c1-5-15-8-7-11-20(13-15)18-12-16(14(3)4)9-10-17(18)19-6-2/h14-19H,5-13H2,1-4H3. The molecule has 0 aromatic carbocycles. The molecular weight excluding hydrogens is 244 g/mol. The van der Waals surface area contributed by atoms with Crippen LogP contribution in [0, 0.1) is 17.8 Å². The maximum atomic E-state index is 3.78. The summed E-state index contributed by atoms with van der Waals surface area (Å²) in [5, 5.41) is 3.78. The van der Waals surface area contributed by atoms with E-state index in [-0.39, 0.29) is 0 Å². The Labute approximate surface area is 126 Å². The van der Waals surface area contributed by atoms with E-state index in [1.807, 2.05) is 0 Å². The first-order valence-electron chi connectivity index (χ1n) is 9.13. The van der Waals surface area contributed by atoms with Crippen LogP contribution in [-0.2, 0) is 0 Å². The normalized spacial score (nSPS) is 36.5. The van der Waals surface area contributed by atoms with Crippen molar-refractivity contribution in [2.75, 3.05) is 19.6 Å². The molecule has 2 heteroatoms. The van der Waals surface area contributed by atoms with E-state index in [2.05, 4.69) is 37.9 Å². The summed E-state index contributed by atoms with van der Waals surface area (Å²) in [4.78, 5) is 2.85. The molecule has 1 N–H and O–H groups in total. The Morgan fingerprint density at radius 3 is 2.60 bits per heavy atom. The molecular formula is C18H36N2. The van der Waals surface area contributed by atoms with Gasteiger partial charge in [-0.3, -0.25) is 4.90 Å². The third-order valence-electron chi connectivity index (χ3n) is 5.86. The molecule has 1 aliphatic heterocycles. The van der Waals surface area contributed by atoms with Gasteiger partial charge in [-0.25, -0.2) is 0 Å². The number of likely N-dealkylation sites (N-methyl/N-ethyl adjacent to an activating group) is 1. The zero-order valence-electron chi connectivity index (χ0n) is 14.2. The van der Waals surface area contributed by atoms with E-state index >= 15 is 0 Å². The van der Waals surface area contributed by atoms with Gasteiger partial charge < -0.3 is 5.32 Å². The lowest BCUT2D eigenvalue weighted by molar-refractivity contribution is 0.0495. The second-order valence-corrected chi connectivity index (χ2v) is 7.46. The van der Waals surface area contributed by atoms with Gasteiger partial charge in [-0.1, -0.05) is 34.1 Å². The zero-order valence-corrected chi connectivity index (χ0v) is 14.2. The lowest BCUT2D eigenvalue weighted by Crippen LogP contribution is -2.56. The molecule has 0 radical (unpaired) electrons. The van der Waals surface area contributed by atoms with Crippen molar-refractivity contribution in [1.29, 1.82) is 0 Å². The van der Waals surface area contributed by atoms with Crippen molar-refractivity contribution < 1.29 is 0 Å². The van der Waals surface area contributed by atoms with Crippen molar-refractivity contribution in [1.82, 2.24) is 10.2 Å². The number of piperidine rings is 1. The van der Waals surface area contributed by atoms with E-state index in [0.29, 0.717) is 0 Å². The number of nitrogens with one attached hydrogen (secondary N) is 1. The Morgan fingerprint density at radius 2 is 1.95 bits per heavy atom. The van der Waals surface area contributed by atoms with Crippen LogP contribution in [0.25, 0.3) is 0 Å². The molecule has 118 valence electrons. The molecule has 0 aromatic heterocycles. The quantitative estimate of drug-likeness (QED) is 0.821. The van der Waals surface area contributed by atoms with Crippen LogP contribution in [0.1, 0.15) is 66.2 Å². The average molecular weight is 280 g/mol. The summed E-state index contributed by atoms with van der Waals surface area (Å²) in [5.41, 5.74) is 0. The molecule has 1 heterocycles. The Morgan fingerprint density at radius 1 is 1.15 bits per heavy atom. The van der Waals surface area contributed by atoms with Gasteiger partial charge in [0.2, 0.25) is 0 Å². The predicted octanol–water partition coefficient (Wildman–Crippen LogP) is 3.91. The number of hydrogen-bond acceptors (Lipinski definition) is 2. The van der Waals surface area contributed by atoms with E-state index in [0.717, 1.165) is 36.4 Å². The van der Waals surface area contributed by atoms with Crippen molar-refractivity contribution in [2.24, 2.45) is 17.8 Å². The smallest absolute Gasteiger partial charge is 0.0252 e. The molecule has 1 saturated heterocycles. The van der Waals surface area contributed by atoms with Gasteiger partial charge in [0.15, 0.2) is 0 Å². The van der Waals surface area contributed by atoms with Gasteiger partial charge in [-0.15, -0.1) is 0 Å². The topological polar surface area (TPSA) is 15.3 Å². The molecule has 20 heavy (non-hydrogen) atoms. The first-order chi connectivity index (χ1) is 9.65. The van der Waals surface area contributed by atoms with Gasteiger partial charge in [-0.05, 0) is 62.9 Å². The van der Waals surface area contributed by atoms with Crippen LogP contribution in [0.4, 0.5) is 0 Å². The maximum absolute atomic E-state index is 3.78. The van der Waals surface area contributed by atoms with Crippen molar-refractivity contribution in [3.8, 4) is 0 Å². The van der Waals surface area contributed by atoms with Crippen LogP contribution in [0.5, 0.6) is 0 Å². The van der Waals surface area contributed by atoms with Crippen LogP contribution >= 0.6 is 0 Å². The molecule has 4 unspecified atom stereocenters. The Hall–Kier alpha value is -0.0800. The first-order valence-corrected chi connectivity index (χ1v) is 9.13. The molecule has 0 amide bonds. The minimum Gasteiger partial charge on any atom is -0.313 e. The molecule has 2 fully saturated rings. The largest absolute Gasteiger partial charge is 0.313 e. The third kappa shape index (κ3) is 3.98. The maximum Gasteiger partial charge on any atom is 0.0252 e. The highest BCUT2D eigenvalue weighted by atomic mass is 15.2. The number of rotatable bonds is 5. The predicted molar refractivity (Wildman–Crippen MR) is 88.0 cm³/mol. The lowest BCUT2D eigenvalue weighted by Gasteiger charge is -2.47. The van der Waals surface area contributed by atoms with E-state index < -0.39 is 0 Å². The van der Waals surface area contributed by atoms with Gasteiger partial charge in [0.1, 0.15) is 0 Å². The Bertz CT molecular complexity index is 277. The SMILES string of the molecule is CCNC1CCC(C(C)C)CC1N1CCCC(CC)C1. The van der Waals surface area contributed by atoms with Crippen LogP contribution in [0.15, 0.2) is 0 Å². The summed E-state index contributed by atoms with van der Waals surface area (Å²) in [6.07, 6.45) is 8.47. The van der Waals surface area contributed by atoms with Crippen molar-refractivity contribution in [3.63, 3.8) is 0 Å². The monoisotopic (exact) mass is 280 g/mol. The molecule has 2 rings (SSSR count). The van der Waals surface area contributed by atoms with Crippen LogP contribution in [0.3, 0.4) is 0 Å². The molecule has 1 aliphatic carbocycles. The first kappa shape index (κ1) is 16.3. The molecule has 1 saturated carbocycles. The van der Waals surface area contributed by atoms with Gasteiger partial charge in [-0.2, -0.15) is 0 Å². The van der Waals surface area contributed by atoms with Gasteiger partial charge >= 0.3 is 0 Å². The second kappa shape index (κ2) is 7.79. The van der Waals surface area contributed by atoms with Crippen molar-refractivity contribution >= 4 is 0 Å². The van der Waals surface area contributed by atoms with Crippen LogP contribution in [0.2, 0.25) is 0 Å². The summed E-state index contributed by atoms with van der Waals surface area (Å²) in [6, 6.07) is 1.54. The molecule has 0 spiro atoms. The van der Waals surface area contributed by atoms with Gasteiger partial charge in [0, 0.05) is 18.6 Å². The molecule has 2 aliphatic rings. The molecule has 0 aromatic rings. The molecule has 0 bridgehead atoms. The zero-order chi connectivity index (χ0) is 14.5.